The van der Waals surface area contributed by atoms with Crippen LogP contribution in [0.1, 0.15) is 19.8 Å². The highest BCUT2D eigenvalue weighted by atomic mass is 79.9. The minimum atomic E-state index is 0.363. The molecule has 0 amide bonds. The molecule has 1 unspecified atom stereocenters. The summed E-state index contributed by atoms with van der Waals surface area (Å²) in [5.41, 5.74) is 1.95. The molecule has 2 aliphatic rings. The lowest BCUT2D eigenvalue weighted by Crippen LogP contribution is -2.44. The van der Waals surface area contributed by atoms with Crippen LogP contribution < -0.4 is 4.74 Å². The Morgan fingerprint density at radius 3 is 2.88 bits per heavy atom. The van der Waals surface area contributed by atoms with Gasteiger partial charge in [0.1, 0.15) is 17.9 Å². The van der Waals surface area contributed by atoms with Crippen LogP contribution in [0.25, 0.3) is 11.0 Å². The van der Waals surface area contributed by atoms with Crippen molar-refractivity contribution < 1.29 is 9.47 Å². The molecule has 1 aromatic carbocycles. The highest BCUT2D eigenvalue weighted by Gasteiger charge is 2.24. The number of rotatable bonds is 6. The summed E-state index contributed by atoms with van der Waals surface area (Å²) in [4.78, 5) is 2.40. The second kappa shape index (κ2) is 6.98. The topological polar surface area (TPSA) is 52.4 Å². The van der Waals surface area contributed by atoms with Gasteiger partial charge in [0.25, 0.3) is 0 Å². The molecule has 0 spiro atoms. The summed E-state index contributed by atoms with van der Waals surface area (Å²) in [6.07, 6.45) is 2.62. The summed E-state index contributed by atoms with van der Waals surface area (Å²) in [6, 6.07) is 4.45. The molecule has 1 aromatic heterocycles. The summed E-state index contributed by atoms with van der Waals surface area (Å²) in [5.74, 6) is 1.61. The number of aromatic nitrogens is 3. The fraction of sp³-hybridized carbons (Fsp3) is 0.647. The fourth-order valence-corrected chi connectivity index (χ4v) is 3.64. The third kappa shape index (κ3) is 3.43. The second-order valence-corrected chi connectivity index (χ2v) is 7.56. The molecule has 24 heavy (non-hydrogen) atoms. The van der Waals surface area contributed by atoms with Crippen molar-refractivity contribution >= 4 is 27.0 Å². The van der Waals surface area contributed by atoms with E-state index < -0.39 is 0 Å². The highest BCUT2D eigenvalue weighted by Crippen LogP contribution is 2.34. The van der Waals surface area contributed by atoms with Crippen molar-refractivity contribution in [2.45, 2.75) is 32.4 Å². The minimum Gasteiger partial charge on any atom is -0.491 e. The lowest BCUT2D eigenvalue weighted by Gasteiger charge is -2.32. The fourth-order valence-electron chi connectivity index (χ4n) is 3.11. The first-order chi connectivity index (χ1) is 11.7. The summed E-state index contributed by atoms with van der Waals surface area (Å²) in [7, 11) is 0. The number of fused-ring (bicyclic) bond motifs is 1. The highest BCUT2D eigenvalue weighted by molar-refractivity contribution is 9.10. The zero-order chi connectivity index (χ0) is 16.5. The maximum atomic E-state index is 6.06. The van der Waals surface area contributed by atoms with Crippen LogP contribution in [0.3, 0.4) is 0 Å². The summed E-state index contributed by atoms with van der Waals surface area (Å²) < 4.78 is 14.4. The van der Waals surface area contributed by atoms with Crippen LogP contribution in [0, 0.1) is 5.92 Å². The number of ether oxygens (including phenoxy) is 2. The Labute approximate surface area is 150 Å². The van der Waals surface area contributed by atoms with Crippen molar-refractivity contribution in [3.8, 4) is 5.75 Å². The largest absolute Gasteiger partial charge is 0.491 e. The predicted molar refractivity (Wildman–Crippen MR) is 95.3 cm³/mol. The zero-order valence-corrected chi connectivity index (χ0v) is 15.5. The van der Waals surface area contributed by atoms with Crippen LogP contribution in [-0.2, 0) is 11.3 Å². The maximum Gasteiger partial charge on any atom is 0.135 e. The smallest absolute Gasteiger partial charge is 0.135 e. The van der Waals surface area contributed by atoms with Crippen LogP contribution in [0.5, 0.6) is 5.75 Å². The minimum absolute atomic E-state index is 0.363. The number of benzene rings is 1. The number of morpholine rings is 1. The molecule has 2 heterocycles. The van der Waals surface area contributed by atoms with E-state index in [-0.39, 0.29) is 0 Å². The normalized spacial score (nSPS) is 20.4. The molecule has 6 nitrogen and oxygen atoms in total. The van der Waals surface area contributed by atoms with Crippen LogP contribution in [0.15, 0.2) is 16.6 Å². The quantitative estimate of drug-likeness (QED) is 0.753. The summed E-state index contributed by atoms with van der Waals surface area (Å²) in [6.45, 7) is 7.38. The number of hydrogen-bond donors (Lipinski definition) is 0. The molecule has 0 radical (unpaired) electrons. The van der Waals surface area contributed by atoms with E-state index in [1.807, 2.05) is 10.7 Å². The first-order valence-corrected chi connectivity index (χ1v) is 9.48. The molecule has 1 aliphatic heterocycles. The third-order valence-electron chi connectivity index (χ3n) is 4.87. The van der Waals surface area contributed by atoms with Gasteiger partial charge in [-0.1, -0.05) is 5.21 Å². The van der Waals surface area contributed by atoms with Crippen LogP contribution in [-0.4, -0.2) is 58.8 Å². The van der Waals surface area contributed by atoms with Gasteiger partial charge < -0.3 is 9.47 Å². The standard InChI is InChI=1S/C17H23BrN4O2/c1-12(21-6-8-23-9-7-21)11-24-15-5-4-14-17(16(15)18)19-20-22(14)10-13-2-3-13/h4-5,12-13H,2-3,6-11H2,1H3. The van der Waals surface area contributed by atoms with E-state index in [2.05, 4.69) is 44.1 Å². The molecular formula is C17H23BrN4O2. The SMILES string of the molecule is CC(COc1ccc2c(nnn2CC2CC2)c1Br)N1CCOCC1. The second-order valence-electron chi connectivity index (χ2n) is 6.77. The van der Waals surface area contributed by atoms with Crippen molar-refractivity contribution in [2.75, 3.05) is 32.9 Å². The number of nitrogens with zero attached hydrogens (tertiary/aromatic N) is 4. The Morgan fingerprint density at radius 2 is 2.12 bits per heavy atom. The first kappa shape index (κ1) is 16.3. The van der Waals surface area contributed by atoms with Gasteiger partial charge in [-0.05, 0) is 53.7 Å². The lowest BCUT2D eigenvalue weighted by molar-refractivity contribution is 0.0105. The first-order valence-electron chi connectivity index (χ1n) is 8.68. The molecule has 1 atom stereocenters. The van der Waals surface area contributed by atoms with Crippen molar-refractivity contribution in [1.29, 1.82) is 0 Å². The number of hydrogen-bond acceptors (Lipinski definition) is 5. The Kier molecular flexibility index (Phi) is 4.74. The van der Waals surface area contributed by atoms with E-state index in [1.165, 1.54) is 12.8 Å². The molecule has 2 fully saturated rings. The lowest BCUT2D eigenvalue weighted by atomic mass is 10.2. The Balaban J connectivity index is 1.44. The van der Waals surface area contributed by atoms with Gasteiger partial charge in [0.2, 0.25) is 0 Å². The van der Waals surface area contributed by atoms with Crippen LogP contribution in [0.2, 0.25) is 0 Å². The molecule has 7 heteroatoms. The van der Waals surface area contributed by atoms with Gasteiger partial charge in [-0.25, -0.2) is 4.68 Å². The Bertz CT molecular complexity index is 710. The molecule has 4 rings (SSSR count). The van der Waals surface area contributed by atoms with E-state index >= 15 is 0 Å². The van der Waals surface area contributed by atoms with E-state index in [4.69, 9.17) is 9.47 Å². The Hall–Kier alpha value is -1.18. The van der Waals surface area contributed by atoms with Crippen LogP contribution in [0.4, 0.5) is 0 Å². The van der Waals surface area contributed by atoms with E-state index in [9.17, 15) is 0 Å². The van der Waals surface area contributed by atoms with E-state index in [1.54, 1.807) is 0 Å². The van der Waals surface area contributed by atoms with E-state index in [0.717, 1.165) is 60.0 Å². The van der Waals surface area contributed by atoms with Gasteiger partial charge >= 0.3 is 0 Å². The monoisotopic (exact) mass is 394 g/mol. The van der Waals surface area contributed by atoms with Gasteiger partial charge in [-0.2, -0.15) is 0 Å². The molecule has 1 aliphatic carbocycles. The van der Waals surface area contributed by atoms with Gasteiger partial charge in [0.15, 0.2) is 0 Å². The van der Waals surface area contributed by atoms with Crippen molar-refractivity contribution in [3.05, 3.63) is 16.6 Å². The van der Waals surface area contributed by atoms with Gasteiger partial charge in [0.05, 0.1) is 23.2 Å². The molecule has 1 saturated heterocycles. The Morgan fingerprint density at radius 1 is 1.33 bits per heavy atom. The molecule has 130 valence electrons. The molecule has 1 saturated carbocycles. The van der Waals surface area contributed by atoms with Crippen molar-refractivity contribution in [1.82, 2.24) is 19.9 Å². The average molecular weight is 395 g/mol. The van der Waals surface area contributed by atoms with Gasteiger partial charge in [0, 0.05) is 25.7 Å². The van der Waals surface area contributed by atoms with E-state index in [0.29, 0.717) is 12.6 Å². The van der Waals surface area contributed by atoms with Crippen molar-refractivity contribution in [3.63, 3.8) is 0 Å². The zero-order valence-electron chi connectivity index (χ0n) is 13.9. The summed E-state index contributed by atoms with van der Waals surface area (Å²) in [5, 5.41) is 8.64. The number of halogens is 1. The van der Waals surface area contributed by atoms with Crippen LogP contribution >= 0.6 is 15.9 Å². The van der Waals surface area contributed by atoms with Gasteiger partial charge in [-0.15, -0.1) is 5.10 Å². The predicted octanol–water partition coefficient (Wildman–Crippen LogP) is 2.70. The average Bonchev–Trinajstić information content (AvgIpc) is 3.34. The van der Waals surface area contributed by atoms with Gasteiger partial charge in [-0.3, -0.25) is 4.90 Å². The molecule has 0 N–H and O–H groups in total. The molecular weight excluding hydrogens is 372 g/mol. The third-order valence-corrected chi connectivity index (χ3v) is 5.63. The molecule has 2 aromatic rings. The summed E-state index contributed by atoms with van der Waals surface area (Å²) >= 11 is 3.65. The molecule has 0 bridgehead atoms. The maximum absolute atomic E-state index is 6.06. The van der Waals surface area contributed by atoms with Crippen molar-refractivity contribution in [2.24, 2.45) is 5.92 Å².